The van der Waals surface area contributed by atoms with Gasteiger partial charge >= 0.3 is 0 Å². The minimum absolute atomic E-state index is 0.0193. The number of benzene rings is 2. The van der Waals surface area contributed by atoms with Crippen LogP contribution in [0, 0.1) is 6.92 Å². The van der Waals surface area contributed by atoms with E-state index in [1.807, 2.05) is 38.1 Å². The number of ether oxygens (including phenoxy) is 2. The van der Waals surface area contributed by atoms with Crippen LogP contribution in [0.4, 0.5) is 0 Å². The monoisotopic (exact) mass is 463 g/mol. The average molecular weight is 464 g/mol. The minimum Gasteiger partial charge on any atom is -0.507 e. The van der Waals surface area contributed by atoms with E-state index >= 15 is 0 Å². The lowest BCUT2D eigenvalue weighted by molar-refractivity contribution is -0.141. The molecule has 2 aromatic rings. The maximum atomic E-state index is 13.3. The van der Waals surface area contributed by atoms with Gasteiger partial charge in [0.15, 0.2) is 0 Å². The molecule has 2 aliphatic rings. The largest absolute Gasteiger partial charge is 0.507 e. The highest BCUT2D eigenvalue weighted by Crippen LogP contribution is 2.43. The number of ketones is 1. The molecule has 0 aromatic heterocycles. The Morgan fingerprint density at radius 1 is 1.06 bits per heavy atom. The summed E-state index contributed by atoms with van der Waals surface area (Å²) in [7, 11) is 1.60. The van der Waals surface area contributed by atoms with Crippen molar-refractivity contribution >= 4 is 17.4 Å². The molecule has 0 bridgehead atoms. The maximum Gasteiger partial charge on any atom is 0.295 e. The number of carbonyl (C=O) groups excluding carboxylic acids is 2. The van der Waals surface area contributed by atoms with Crippen molar-refractivity contribution in [1.29, 1.82) is 0 Å². The molecule has 1 N–H and O–H groups in total. The Labute approximate surface area is 201 Å². The molecule has 1 aliphatic carbocycles. The van der Waals surface area contributed by atoms with Crippen molar-refractivity contribution in [3.05, 3.63) is 64.7 Å². The topological polar surface area (TPSA) is 76.1 Å². The highest BCUT2D eigenvalue weighted by Gasteiger charge is 2.48. The Morgan fingerprint density at radius 3 is 2.38 bits per heavy atom. The maximum absolute atomic E-state index is 13.3. The molecule has 34 heavy (non-hydrogen) atoms. The lowest BCUT2D eigenvalue weighted by Crippen LogP contribution is -2.40. The molecular weight excluding hydrogens is 430 g/mol. The number of hydrogen-bond donors (Lipinski definition) is 1. The molecule has 4 rings (SSSR count). The summed E-state index contributed by atoms with van der Waals surface area (Å²) in [5, 5.41) is 11.4. The van der Waals surface area contributed by atoms with Crippen molar-refractivity contribution in [3.63, 3.8) is 0 Å². The first-order valence-corrected chi connectivity index (χ1v) is 12.1. The Morgan fingerprint density at radius 2 is 1.76 bits per heavy atom. The zero-order chi connectivity index (χ0) is 24.2. The van der Waals surface area contributed by atoms with Crippen LogP contribution in [0.25, 0.3) is 5.76 Å². The van der Waals surface area contributed by atoms with E-state index in [1.165, 1.54) is 0 Å². The molecule has 0 radical (unpaired) electrons. The van der Waals surface area contributed by atoms with E-state index in [0.717, 1.165) is 55.4 Å². The fourth-order valence-electron chi connectivity index (χ4n) is 5.03. The molecule has 6 heteroatoms. The van der Waals surface area contributed by atoms with Crippen molar-refractivity contribution in [3.8, 4) is 11.5 Å². The molecule has 1 unspecified atom stereocenters. The van der Waals surface area contributed by atoms with E-state index in [0.29, 0.717) is 17.9 Å². The van der Waals surface area contributed by atoms with Gasteiger partial charge in [-0.1, -0.05) is 38.3 Å². The number of likely N-dealkylation sites (tertiary alicyclic amines) is 1. The number of aliphatic hydroxyl groups is 1. The highest BCUT2D eigenvalue weighted by molar-refractivity contribution is 6.46. The Kier molecular flexibility index (Phi) is 7.25. The molecule has 2 fully saturated rings. The van der Waals surface area contributed by atoms with Gasteiger partial charge in [0.2, 0.25) is 0 Å². The van der Waals surface area contributed by atoms with Gasteiger partial charge in [0.05, 0.1) is 25.3 Å². The minimum atomic E-state index is -0.634. The lowest BCUT2D eigenvalue weighted by atomic mass is 9.91. The molecule has 6 nitrogen and oxygen atoms in total. The third kappa shape index (κ3) is 4.54. The van der Waals surface area contributed by atoms with Crippen LogP contribution in [0.3, 0.4) is 0 Å². The quantitative estimate of drug-likeness (QED) is 0.331. The summed E-state index contributed by atoms with van der Waals surface area (Å²) >= 11 is 0. The van der Waals surface area contributed by atoms with Gasteiger partial charge in [0.25, 0.3) is 11.7 Å². The molecular formula is C28H33NO5. The van der Waals surface area contributed by atoms with Crippen LogP contribution >= 0.6 is 0 Å². The van der Waals surface area contributed by atoms with Gasteiger partial charge in [-0.15, -0.1) is 0 Å². The second-order valence-electron chi connectivity index (χ2n) is 9.10. The number of aliphatic hydroxyl groups excluding tert-OH is 1. The van der Waals surface area contributed by atoms with Crippen LogP contribution in [0.1, 0.15) is 68.2 Å². The summed E-state index contributed by atoms with van der Waals surface area (Å²) < 4.78 is 11.0. The molecule has 1 saturated carbocycles. The number of amides is 1. The number of rotatable bonds is 7. The van der Waals surface area contributed by atoms with Crippen molar-refractivity contribution in [2.75, 3.05) is 13.7 Å². The second kappa shape index (κ2) is 10.3. The van der Waals surface area contributed by atoms with Crippen molar-refractivity contribution in [2.45, 2.75) is 64.5 Å². The van der Waals surface area contributed by atoms with Gasteiger partial charge in [-0.05, 0) is 67.6 Å². The standard InChI is InChI=1S/C28H33NO5/c1-4-16-34-23-15-12-20(17-18(23)2)26(30)24-25(19-10-13-22(33-3)14-11-19)29(28(32)27(24)31)21-8-6-5-7-9-21/h10-15,17,21,25,30H,4-9,16H2,1-3H3/b26-24-. The van der Waals surface area contributed by atoms with E-state index in [1.54, 1.807) is 30.2 Å². The van der Waals surface area contributed by atoms with Gasteiger partial charge in [0.1, 0.15) is 17.3 Å². The number of methoxy groups -OCH3 is 1. The van der Waals surface area contributed by atoms with Gasteiger partial charge in [-0.3, -0.25) is 9.59 Å². The van der Waals surface area contributed by atoms with Gasteiger partial charge in [-0.25, -0.2) is 0 Å². The summed E-state index contributed by atoms with van der Waals surface area (Å²) in [6.07, 6.45) is 5.82. The second-order valence-corrected chi connectivity index (χ2v) is 9.10. The third-order valence-electron chi connectivity index (χ3n) is 6.79. The van der Waals surface area contributed by atoms with E-state index in [4.69, 9.17) is 9.47 Å². The van der Waals surface area contributed by atoms with Crippen LogP contribution in [-0.2, 0) is 9.59 Å². The van der Waals surface area contributed by atoms with Crippen LogP contribution in [0.5, 0.6) is 11.5 Å². The molecule has 1 amide bonds. The molecule has 180 valence electrons. The Hall–Kier alpha value is -3.28. The first-order valence-electron chi connectivity index (χ1n) is 12.1. The number of hydrogen-bond acceptors (Lipinski definition) is 5. The van der Waals surface area contributed by atoms with E-state index in [-0.39, 0.29) is 17.4 Å². The summed E-state index contributed by atoms with van der Waals surface area (Å²) in [6, 6.07) is 12.1. The Balaban J connectivity index is 1.80. The zero-order valence-corrected chi connectivity index (χ0v) is 20.2. The van der Waals surface area contributed by atoms with E-state index in [9.17, 15) is 14.7 Å². The molecule has 0 spiro atoms. The Bertz CT molecular complexity index is 1080. The predicted molar refractivity (Wildman–Crippen MR) is 131 cm³/mol. The summed E-state index contributed by atoms with van der Waals surface area (Å²) in [5.74, 6) is 0.119. The van der Waals surface area contributed by atoms with Crippen LogP contribution in [-0.4, -0.2) is 41.5 Å². The van der Waals surface area contributed by atoms with Gasteiger partial charge in [0, 0.05) is 11.6 Å². The molecule has 1 saturated heterocycles. The predicted octanol–water partition coefficient (Wildman–Crippen LogP) is 5.55. The van der Waals surface area contributed by atoms with Crippen LogP contribution in [0.15, 0.2) is 48.0 Å². The first-order chi connectivity index (χ1) is 16.5. The fraction of sp³-hybridized carbons (Fsp3) is 0.429. The lowest BCUT2D eigenvalue weighted by Gasteiger charge is -2.35. The van der Waals surface area contributed by atoms with Gasteiger partial charge < -0.3 is 19.5 Å². The summed E-state index contributed by atoms with van der Waals surface area (Å²) in [6.45, 7) is 4.56. The van der Waals surface area contributed by atoms with Crippen molar-refractivity contribution in [2.24, 2.45) is 0 Å². The van der Waals surface area contributed by atoms with E-state index < -0.39 is 17.7 Å². The number of carbonyl (C=O) groups is 2. The molecule has 1 aliphatic heterocycles. The highest BCUT2D eigenvalue weighted by atomic mass is 16.5. The third-order valence-corrected chi connectivity index (χ3v) is 6.79. The number of aryl methyl sites for hydroxylation is 1. The smallest absolute Gasteiger partial charge is 0.295 e. The zero-order valence-electron chi connectivity index (χ0n) is 20.2. The normalized spacial score (nSPS) is 20.6. The van der Waals surface area contributed by atoms with E-state index in [2.05, 4.69) is 0 Å². The number of Topliss-reactive ketones (excluding diaryl/α,β-unsaturated/α-hetero) is 1. The summed E-state index contributed by atoms with van der Waals surface area (Å²) in [4.78, 5) is 28.3. The van der Waals surface area contributed by atoms with Crippen molar-refractivity contribution < 1.29 is 24.2 Å². The fourth-order valence-corrected chi connectivity index (χ4v) is 5.03. The molecule has 1 heterocycles. The molecule has 2 aromatic carbocycles. The van der Waals surface area contributed by atoms with Gasteiger partial charge in [-0.2, -0.15) is 0 Å². The molecule has 1 atom stereocenters. The SMILES string of the molecule is CCCOc1ccc(/C(O)=C2/C(=O)C(=O)N(C3CCCCC3)C2c2ccc(OC)cc2)cc1C. The number of nitrogens with zero attached hydrogens (tertiary/aromatic N) is 1. The first kappa shape index (κ1) is 23.9. The van der Waals surface area contributed by atoms with Crippen LogP contribution < -0.4 is 9.47 Å². The summed E-state index contributed by atoms with van der Waals surface area (Å²) in [5.41, 5.74) is 2.29. The van der Waals surface area contributed by atoms with Crippen LogP contribution in [0.2, 0.25) is 0 Å². The average Bonchev–Trinajstić information content (AvgIpc) is 3.13. The van der Waals surface area contributed by atoms with Crippen molar-refractivity contribution in [1.82, 2.24) is 4.90 Å².